The monoisotopic (exact) mass is 501 g/mol. The summed E-state index contributed by atoms with van der Waals surface area (Å²) in [5.41, 5.74) is 4.29. The molecule has 0 atom stereocenters. The predicted molar refractivity (Wildman–Crippen MR) is 141 cm³/mol. The summed E-state index contributed by atoms with van der Waals surface area (Å²) in [4.78, 5) is 39.0. The molecule has 3 aromatic rings. The standard InChI is InChI=1S/C29H28ClN3O3/c1-2-3-7-20-12-16-24(17-13-20)32-27(34)23-14-10-21(11-15-23)18-31-26-25(30)28(35)33(29(26)36)19-22-8-5-4-6-9-22/h4-6,8-17,31H,2-3,7,18-19H2,1H3,(H,32,34). The van der Waals surface area contributed by atoms with E-state index in [1.807, 2.05) is 54.6 Å². The van der Waals surface area contributed by atoms with Crippen LogP contribution in [0.15, 0.2) is 89.6 Å². The fourth-order valence-corrected chi connectivity index (χ4v) is 4.16. The normalized spacial score (nSPS) is 13.3. The van der Waals surface area contributed by atoms with Gasteiger partial charge in [0, 0.05) is 17.8 Å². The molecule has 36 heavy (non-hydrogen) atoms. The quantitative estimate of drug-likeness (QED) is 0.365. The number of imide groups is 1. The van der Waals surface area contributed by atoms with Gasteiger partial charge in [0.05, 0.1) is 6.54 Å². The second-order valence-corrected chi connectivity index (χ2v) is 9.05. The van der Waals surface area contributed by atoms with Gasteiger partial charge < -0.3 is 10.6 Å². The Morgan fingerprint density at radius 1 is 0.833 bits per heavy atom. The number of aryl methyl sites for hydroxylation is 1. The van der Waals surface area contributed by atoms with Gasteiger partial charge in [-0.2, -0.15) is 0 Å². The SMILES string of the molecule is CCCCc1ccc(NC(=O)c2ccc(CNC3=C(Cl)C(=O)N(Cc4ccccc4)C3=O)cc2)cc1. The lowest BCUT2D eigenvalue weighted by atomic mass is 10.1. The second kappa shape index (κ2) is 11.7. The zero-order valence-electron chi connectivity index (χ0n) is 20.1. The zero-order valence-corrected chi connectivity index (χ0v) is 20.8. The Labute approximate surface area is 216 Å². The number of carbonyl (C=O) groups is 3. The van der Waals surface area contributed by atoms with Gasteiger partial charge in [-0.15, -0.1) is 0 Å². The number of benzene rings is 3. The summed E-state index contributed by atoms with van der Waals surface area (Å²) >= 11 is 6.18. The van der Waals surface area contributed by atoms with E-state index in [1.54, 1.807) is 24.3 Å². The number of amides is 3. The van der Waals surface area contributed by atoms with E-state index < -0.39 is 11.8 Å². The lowest BCUT2D eigenvalue weighted by Gasteiger charge is -2.15. The van der Waals surface area contributed by atoms with Crippen LogP contribution in [0.4, 0.5) is 5.69 Å². The fraction of sp³-hybridized carbons (Fsp3) is 0.207. The third kappa shape index (κ3) is 6.01. The number of hydrogen-bond acceptors (Lipinski definition) is 4. The number of carbonyl (C=O) groups excluding carboxylic acids is 3. The molecule has 1 aliphatic rings. The summed E-state index contributed by atoms with van der Waals surface area (Å²) in [6.07, 6.45) is 3.33. The van der Waals surface area contributed by atoms with Gasteiger partial charge in [0.25, 0.3) is 17.7 Å². The smallest absolute Gasteiger partial charge is 0.278 e. The van der Waals surface area contributed by atoms with Gasteiger partial charge in [-0.3, -0.25) is 19.3 Å². The van der Waals surface area contributed by atoms with E-state index in [-0.39, 0.29) is 29.7 Å². The predicted octanol–water partition coefficient (Wildman–Crippen LogP) is 5.39. The maximum atomic E-state index is 12.8. The maximum Gasteiger partial charge on any atom is 0.278 e. The van der Waals surface area contributed by atoms with Crippen molar-refractivity contribution in [2.75, 3.05) is 5.32 Å². The lowest BCUT2D eigenvalue weighted by Crippen LogP contribution is -2.33. The minimum Gasteiger partial charge on any atom is -0.375 e. The third-order valence-corrected chi connectivity index (χ3v) is 6.36. The fourth-order valence-electron chi connectivity index (χ4n) is 3.91. The molecule has 0 fully saturated rings. The number of nitrogens with one attached hydrogen (secondary N) is 2. The summed E-state index contributed by atoms with van der Waals surface area (Å²) in [6, 6.07) is 24.2. The Bertz CT molecular complexity index is 1270. The molecule has 184 valence electrons. The Hall–Kier alpha value is -3.90. The van der Waals surface area contributed by atoms with Crippen molar-refractivity contribution in [1.82, 2.24) is 10.2 Å². The first-order valence-corrected chi connectivity index (χ1v) is 12.4. The van der Waals surface area contributed by atoms with E-state index in [0.29, 0.717) is 5.56 Å². The first kappa shape index (κ1) is 25.2. The molecule has 0 radical (unpaired) electrons. The van der Waals surface area contributed by atoms with Gasteiger partial charge in [-0.25, -0.2) is 0 Å². The molecule has 7 heteroatoms. The van der Waals surface area contributed by atoms with Crippen molar-refractivity contribution in [3.63, 3.8) is 0 Å². The van der Waals surface area contributed by atoms with E-state index in [2.05, 4.69) is 17.6 Å². The van der Waals surface area contributed by atoms with E-state index in [0.717, 1.165) is 41.0 Å². The van der Waals surface area contributed by atoms with Crippen molar-refractivity contribution in [1.29, 1.82) is 0 Å². The van der Waals surface area contributed by atoms with Crippen LogP contribution in [-0.4, -0.2) is 22.6 Å². The van der Waals surface area contributed by atoms with Crippen LogP contribution in [0.25, 0.3) is 0 Å². The van der Waals surface area contributed by atoms with E-state index in [9.17, 15) is 14.4 Å². The summed E-state index contributed by atoms with van der Waals surface area (Å²) in [7, 11) is 0. The Balaban J connectivity index is 1.32. The highest BCUT2D eigenvalue weighted by molar-refractivity contribution is 6.47. The number of halogens is 1. The van der Waals surface area contributed by atoms with Crippen molar-refractivity contribution in [3.05, 3.63) is 112 Å². The van der Waals surface area contributed by atoms with Gasteiger partial charge in [0.2, 0.25) is 0 Å². The Kier molecular flexibility index (Phi) is 8.18. The Morgan fingerprint density at radius 3 is 2.17 bits per heavy atom. The molecule has 4 rings (SSSR count). The highest BCUT2D eigenvalue weighted by Crippen LogP contribution is 2.24. The molecule has 0 bridgehead atoms. The van der Waals surface area contributed by atoms with Gasteiger partial charge >= 0.3 is 0 Å². The van der Waals surface area contributed by atoms with Crippen molar-refractivity contribution in [3.8, 4) is 0 Å². The van der Waals surface area contributed by atoms with Crippen LogP contribution in [0.2, 0.25) is 0 Å². The maximum absolute atomic E-state index is 12.8. The number of anilines is 1. The molecule has 3 aromatic carbocycles. The first-order chi connectivity index (χ1) is 17.5. The number of unbranched alkanes of at least 4 members (excludes halogenated alkanes) is 1. The number of hydrogen-bond donors (Lipinski definition) is 2. The average molecular weight is 502 g/mol. The largest absolute Gasteiger partial charge is 0.375 e. The van der Waals surface area contributed by atoms with Gasteiger partial charge in [-0.05, 0) is 53.8 Å². The molecule has 1 aliphatic heterocycles. The van der Waals surface area contributed by atoms with Gasteiger partial charge in [0.1, 0.15) is 10.7 Å². The molecule has 0 aromatic heterocycles. The highest BCUT2D eigenvalue weighted by atomic mass is 35.5. The molecule has 0 unspecified atom stereocenters. The minimum absolute atomic E-state index is 0.0850. The summed E-state index contributed by atoms with van der Waals surface area (Å²) in [5, 5.41) is 5.78. The average Bonchev–Trinajstić information content (AvgIpc) is 3.10. The van der Waals surface area contributed by atoms with Crippen molar-refractivity contribution in [2.24, 2.45) is 0 Å². The minimum atomic E-state index is -0.515. The number of nitrogens with zero attached hydrogens (tertiary/aromatic N) is 1. The summed E-state index contributed by atoms with van der Waals surface area (Å²) < 4.78 is 0. The molecule has 0 saturated heterocycles. The lowest BCUT2D eigenvalue weighted by molar-refractivity contribution is -0.138. The van der Waals surface area contributed by atoms with Gasteiger partial charge in [-0.1, -0.05) is 79.5 Å². The van der Waals surface area contributed by atoms with Crippen LogP contribution in [0.3, 0.4) is 0 Å². The van der Waals surface area contributed by atoms with Crippen LogP contribution in [0.5, 0.6) is 0 Å². The second-order valence-electron chi connectivity index (χ2n) is 8.68. The number of rotatable bonds is 10. The van der Waals surface area contributed by atoms with E-state index in [1.165, 1.54) is 5.56 Å². The molecule has 0 spiro atoms. The molecular formula is C29H28ClN3O3. The summed E-state index contributed by atoms with van der Waals surface area (Å²) in [6.45, 7) is 2.61. The molecule has 2 N–H and O–H groups in total. The van der Waals surface area contributed by atoms with Gasteiger partial charge in [0.15, 0.2) is 0 Å². The molecule has 1 heterocycles. The zero-order chi connectivity index (χ0) is 25.5. The van der Waals surface area contributed by atoms with Crippen LogP contribution >= 0.6 is 11.6 Å². The first-order valence-electron chi connectivity index (χ1n) is 12.0. The Morgan fingerprint density at radius 2 is 1.50 bits per heavy atom. The van der Waals surface area contributed by atoms with Crippen LogP contribution in [0.1, 0.15) is 46.8 Å². The summed E-state index contributed by atoms with van der Waals surface area (Å²) in [5.74, 6) is -1.17. The van der Waals surface area contributed by atoms with Crippen LogP contribution in [0, 0.1) is 0 Å². The highest BCUT2D eigenvalue weighted by Gasteiger charge is 2.37. The van der Waals surface area contributed by atoms with Crippen LogP contribution < -0.4 is 10.6 Å². The van der Waals surface area contributed by atoms with Crippen molar-refractivity contribution < 1.29 is 14.4 Å². The molecule has 3 amide bonds. The van der Waals surface area contributed by atoms with Crippen molar-refractivity contribution >= 4 is 35.0 Å². The molecule has 0 aliphatic carbocycles. The van der Waals surface area contributed by atoms with E-state index in [4.69, 9.17) is 11.6 Å². The topological polar surface area (TPSA) is 78.5 Å². The van der Waals surface area contributed by atoms with Crippen LogP contribution in [-0.2, 0) is 29.1 Å². The van der Waals surface area contributed by atoms with E-state index >= 15 is 0 Å². The molecule has 6 nitrogen and oxygen atoms in total. The van der Waals surface area contributed by atoms with Crippen molar-refractivity contribution in [2.45, 2.75) is 39.3 Å². The molecule has 0 saturated carbocycles. The third-order valence-electron chi connectivity index (χ3n) is 6.01. The molecular weight excluding hydrogens is 474 g/mol.